The van der Waals surface area contributed by atoms with Gasteiger partial charge in [-0.05, 0) is 106 Å². The summed E-state index contributed by atoms with van der Waals surface area (Å²) >= 11 is 6.58. The van der Waals surface area contributed by atoms with Gasteiger partial charge in [0.25, 0.3) is 11.5 Å². The summed E-state index contributed by atoms with van der Waals surface area (Å²) in [7, 11) is 0. The first-order chi connectivity index (χ1) is 31.2. The van der Waals surface area contributed by atoms with Gasteiger partial charge in [-0.1, -0.05) is 67.1 Å². The Balaban J connectivity index is 0.770. The summed E-state index contributed by atoms with van der Waals surface area (Å²) in [6.45, 7) is 4.10. The van der Waals surface area contributed by atoms with E-state index < -0.39 is 11.7 Å². The molecule has 7 aromatic rings. The van der Waals surface area contributed by atoms with Crippen molar-refractivity contribution in [2.75, 3.05) is 59.2 Å². The van der Waals surface area contributed by atoms with Crippen LogP contribution in [0.4, 0.5) is 8.78 Å². The number of fused-ring (bicyclic) bond motifs is 2. The number of carbonyl (C=O) groups excluding carboxylic acids is 2. The van der Waals surface area contributed by atoms with Crippen LogP contribution in [0.5, 0.6) is 5.75 Å². The van der Waals surface area contributed by atoms with E-state index in [1.54, 1.807) is 34.1 Å². The number of carbonyl (C=O) groups is 2. The first-order valence-electron chi connectivity index (χ1n) is 21.1. The Labute approximate surface area is 373 Å². The number of benzene rings is 5. The van der Waals surface area contributed by atoms with Crippen molar-refractivity contribution in [3.8, 4) is 5.75 Å². The van der Waals surface area contributed by atoms with E-state index in [2.05, 4.69) is 34.2 Å². The van der Waals surface area contributed by atoms with Gasteiger partial charge < -0.3 is 29.0 Å². The number of piperazine rings is 1. The molecule has 1 aliphatic rings. The molecular formula is C50H46ClF2N5O6. The second-order valence-electron chi connectivity index (χ2n) is 15.4. The summed E-state index contributed by atoms with van der Waals surface area (Å²) < 4.78 is 46.2. The molecule has 1 fully saturated rings. The van der Waals surface area contributed by atoms with E-state index in [0.717, 1.165) is 38.7 Å². The van der Waals surface area contributed by atoms with Crippen LogP contribution in [0.2, 0.25) is 5.02 Å². The minimum Gasteiger partial charge on any atom is -0.491 e. The maximum absolute atomic E-state index is 15.0. The van der Waals surface area contributed by atoms with Crippen LogP contribution >= 0.6 is 11.6 Å². The fourth-order valence-corrected chi connectivity index (χ4v) is 8.32. The van der Waals surface area contributed by atoms with Crippen LogP contribution in [0, 0.1) is 11.6 Å². The lowest BCUT2D eigenvalue weighted by molar-refractivity contribution is -0.138. The van der Waals surface area contributed by atoms with Gasteiger partial charge in [0.15, 0.2) is 0 Å². The van der Waals surface area contributed by atoms with Gasteiger partial charge in [0.1, 0.15) is 30.6 Å². The summed E-state index contributed by atoms with van der Waals surface area (Å²) in [5.74, 6) is -1.02. The second-order valence-corrected chi connectivity index (χ2v) is 15.8. The number of halogens is 3. The molecule has 328 valence electrons. The molecular weight excluding hydrogens is 840 g/mol. The van der Waals surface area contributed by atoms with Crippen LogP contribution in [0.3, 0.4) is 0 Å². The van der Waals surface area contributed by atoms with E-state index in [-0.39, 0.29) is 55.8 Å². The zero-order chi connectivity index (χ0) is 44.6. The van der Waals surface area contributed by atoms with Gasteiger partial charge in [-0.3, -0.25) is 14.4 Å². The van der Waals surface area contributed by atoms with Crippen molar-refractivity contribution in [3.63, 3.8) is 0 Å². The minimum absolute atomic E-state index is 0.0576. The first-order valence-corrected chi connectivity index (χ1v) is 21.5. The highest BCUT2D eigenvalue weighted by Crippen LogP contribution is 2.38. The smallest absolute Gasteiger partial charge is 0.272 e. The van der Waals surface area contributed by atoms with E-state index in [1.807, 2.05) is 54.7 Å². The molecule has 0 aliphatic carbocycles. The van der Waals surface area contributed by atoms with E-state index in [1.165, 1.54) is 24.3 Å². The van der Waals surface area contributed by atoms with Gasteiger partial charge in [0, 0.05) is 49.7 Å². The second kappa shape index (κ2) is 20.2. The number of aromatic amines is 2. The highest BCUT2D eigenvalue weighted by molar-refractivity contribution is 6.32. The zero-order valence-corrected chi connectivity index (χ0v) is 35.9. The number of ether oxygens (including phenoxy) is 3. The number of hydrogen-bond donors (Lipinski definition) is 2. The van der Waals surface area contributed by atoms with Crippen molar-refractivity contribution < 1.29 is 32.6 Å². The van der Waals surface area contributed by atoms with Crippen molar-refractivity contribution in [1.82, 2.24) is 25.0 Å². The van der Waals surface area contributed by atoms with E-state index >= 15 is 0 Å². The monoisotopic (exact) mass is 885 g/mol. The minimum atomic E-state index is -0.635. The third-order valence-electron chi connectivity index (χ3n) is 11.3. The quantitative estimate of drug-likeness (QED) is 0.0734. The predicted octanol–water partition coefficient (Wildman–Crippen LogP) is 8.69. The molecule has 0 atom stereocenters. The van der Waals surface area contributed by atoms with Gasteiger partial charge in [-0.15, -0.1) is 0 Å². The Morgan fingerprint density at radius 1 is 0.766 bits per heavy atom. The largest absolute Gasteiger partial charge is 0.491 e. The Morgan fingerprint density at radius 2 is 1.50 bits per heavy atom. The summed E-state index contributed by atoms with van der Waals surface area (Å²) in [4.78, 5) is 44.9. The number of rotatable bonds is 16. The number of allylic oxidation sites excluding steroid dienone is 1. The summed E-state index contributed by atoms with van der Waals surface area (Å²) in [6.07, 6.45) is 2.86. The highest BCUT2D eigenvalue weighted by atomic mass is 35.5. The zero-order valence-electron chi connectivity index (χ0n) is 35.2. The van der Waals surface area contributed by atoms with Gasteiger partial charge in [-0.2, -0.15) is 5.10 Å². The number of nitrogens with one attached hydrogen (secondary N) is 2. The summed E-state index contributed by atoms with van der Waals surface area (Å²) in [6, 6.07) is 32.1. The van der Waals surface area contributed by atoms with Crippen molar-refractivity contribution in [2.45, 2.75) is 19.8 Å². The average molecular weight is 886 g/mol. The van der Waals surface area contributed by atoms with Crippen LogP contribution in [0.1, 0.15) is 51.7 Å². The molecule has 1 aliphatic heterocycles. The number of amides is 2. The molecule has 0 unspecified atom stereocenters. The molecule has 2 N–H and O–H groups in total. The van der Waals surface area contributed by atoms with Crippen molar-refractivity contribution in [1.29, 1.82) is 0 Å². The third-order valence-corrected chi connectivity index (χ3v) is 11.6. The normalized spacial score (nSPS) is 13.4. The lowest BCUT2D eigenvalue weighted by Gasteiger charge is -2.34. The number of aromatic nitrogens is 3. The Hall–Kier alpha value is -6.67. The molecule has 0 radical (unpaired) electrons. The summed E-state index contributed by atoms with van der Waals surface area (Å²) in [5, 5.41) is 9.33. The molecule has 0 spiro atoms. The third kappa shape index (κ3) is 10.1. The van der Waals surface area contributed by atoms with Crippen molar-refractivity contribution in [3.05, 3.63) is 176 Å². The van der Waals surface area contributed by atoms with Gasteiger partial charge in [0.05, 0.1) is 41.5 Å². The van der Waals surface area contributed by atoms with Crippen LogP contribution in [-0.4, -0.2) is 96.0 Å². The molecule has 2 aromatic heterocycles. The molecule has 64 heavy (non-hydrogen) atoms. The Kier molecular flexibility index (Phi) is 13.9. The Morgan fingerprint density at radius 3 is 2.28 bits per heavy atom. The first kappa shape index (κ1) is 44.0. The average Bonchev–Trinajstić information content (AvgIpc) is 3.79. The van der Waals surface area contributed by atoms with Crippen LogP contribution in [-0.2, 0) is 20.7 Å². The summed E-state index contributed by atoms with van der Waals surface area (Å²) in [5.41, 5.74) is 6.69. The van der Waals surface area contributed by atoms with Crippen LogP contribution in [0.15, 0.2) is 120 Å². The molecule has 14 heteroatoms. The van der Waals surface area contributed by atoms with Crippen molar-refractivity contribution >= 4 is 56.2 Å². The van der Waals surface area contributed by atoms with Crippen LogP contribution in [0.25, 0.3) is 32.8 Å². The highest BCUT2D eigenvalue weighted by Gasteiger charge is 2.27. The van der Waals surface area contributed by atoms with Gasteiger partial charge in [-0.25, -0.2) is 13.9 Å². The molecule has 0 bridgehead atoms. The standard InChI is InChI=1S/C50H46ClF2N5O6/c1-2-38(39-14-11-36(52)30-43(39)51)48(35-10-16-45-34(29-35)17-18-54-45)33-8-12-37(13-9-33)64-26-25-62-23-24-63-31-47(59)57-19-21-58(22-20-57)50(61)42-27-32(7-15-44(42)53)28-46-40-5-3-4-6-41(40)49(60)56-55-46/h3-18,27,29-30,54H,2,19-26,28,31H2,1H3,(H,56,60)/b48-38+. The molecule has 3 heterocycles. The Bertz CT molecular complexity index is 2890. The SMILES string of the molecule is CC/C(=C(/c1ccc(OCCOCCOCC(=O)N2CCN(C(=O)c3cc(Cc4n[nH]c(=O)c5ccccc45)ccc3F)CC2)cc1)c1ccc2[nH]ccc2c1)c1ccc(F)cc1Cl. The van der Waals surface area contributed by atoms with E-state index in [4.69, 9.17) is 25.8 Å². The van der Waals surface area contributed by atoms with Gasteiger partial charge in [0.2, 0.25) is 5.91 Å². The maximum atomic E-state index is 15.0. The van der Waals surface area contributed by atoms with E-state index in [0.29, 0.717) is 71.9 Å². The fourth-order valence-electron chi connectivity index (χ4n) is 8.04. The van der Waals surface area contributed by atoms with E-state index in [9.17, 15) is 23.2 Å². The molecule has 0 saturated carbocycles. The van der Waals surface area contributed by atoms with Crippen LogP contribution < -0.4 is 10.3 Å². The molecule has 1 saturated heterocycles. The topological polar surface area (TPSA) is 130 Å². The lowest BCUT2D eigenvalue weighted by Crippen LogP contribution is -2.51. The predicted molar refractivity (Wildman–Crippen MR) is 244 cm³/mol. The lowest BCUT2D eigenvalue weighted by atomic mass is 9.87. The molecule has 8 rings (SSSR count). The molecule has 2 amide bonds. The fraction of sp³-hybridized carbons (Fsp3) is 0.240. The number of H-pyrrole nitrogens is 2. The number of hydrogen-bond acceptors (Lipinski definition) is 7. The van der Waals surface area contributed by atoms with Crippen molar-refractivity contribution in [2.24, 2.45) is 0 Å². The maximum Gasteiger partial charge on any atom is 0.272 e. The molecule has 11 nitrogen and oxygen atoms in total. The van der Waals surface area contributed by atoms with Gasteiger partial charge >= 0.3 is 0 Å². The molecule has 5 aromatic carbocycles. The number of nitrogens with zero attached hydrogens (tertiary/aromatic N) is 3.